The Morgan fingerprint density at radius 1 is 1.39 bits per heavy atom. The van der Waals surface area contributed by atoms with Crippen LogP contribution in [0.15, 0.2) is 18.2 Å². The highest BCUT2D eigenvalue weighted by molar-refractivity contribution is 5.91. The first-order valence-electron chi connectivity index (χ1n) is 5.53. The lowest BCUT2D eigenvalue weighted by Crippen LogP contribution is -2.43. The summed E-state index contributed by atoms with van der Waals surface area (Å²) in [4.78, 5) is 11.7. The van der Waals surface area contributed by atoms with Crippen molar-refractivity contribution in [1.29, 1.82) is 5.26 Å². The zero-order chi connectivity index (χ0) is 13.8. The van der Waals surface area contributed by atoms with Crippen LogP contribution in [0.5, 0.6) is 5.75 Å². The standard InChI is InChI=1S/C13H17N3O2/c1-13(2,3)16-12(17)15-10-6-5-9(8-14)7-11(10)18-4/h5-7H,1-4H3,(H2,15,16,17). The van der Waals surface area contributed by atoms with E-state index in [-0.39, 0.29) is 11.6 Å². The normalized spacial score (nSPS) is 10.4. The Kier molecular flexibility index (Phi) is 4.16. The first-order valence-corrected chi connectivity index (χ1v) is 5.53. The molecule has 0 spiro atoms. The van der Waals surface area contributed by atoms with Gasteiger partial charge in [0, 0.05) is 11.6 Å². The number of rotatable bonds is 2. The molecule has 1 aromatic rings. The van der Waals surface area contributed by atoms with Gasteiger partial charge in [-0.05, 0) is 32.9 Å². The van der Waals surface area contributed by atoms with Gasteiger partial charge in [-0.1, -0.05) is 0 Å². The number of carbonyl (C=O) groups excluding carboxylic acids is 1. The van der Waals surface area contributed by atoms with Crippen LogP contribution in [0.2, 0.25) is 0 Å². The summed E-state index contributed by atoms with van der Waals surface area (Å²) in [5.41, 5.74) is 0.691. The third-order valence-electron chi connectivity index (χ3n) is 2.07. The molecular formula is C13H17N3O2. The maximum atomic E-state index is 11.7. The zero-order valence-electron chi connectivity index (χ0n) is 11.0. The number of urea groups is 1. The monoisotopic (exact) mass is 247 g/mol. The second kappa shape index (κ2) is 5.41. The number of benzene rings is 1. The summed E-state index contributed by atoms with van der Waals surface area (Å²) in [5.74, 6) is 0.457. The molecule has 0 saturated heterocycles. The Morgan fingerprint density at radius 3 is 2.56 bits per heavy atom. The van der Waals surface area contributed by atoms with Crippen molar-refractivity contribution in [2.24, 2.45) is 0 Å². The average Bonchev–Trinajstić information content (AvgIpc) is 2.27. The number of nitriles is 1. The van der Waals surface area contributed by atoms with Gasteiger partial charge in [-0.3, -0.25) is 0 Å². The number of ether oxygens (including phenoxy) is 1. The molecule has 0 bridgehead atoms. The van der Waals surface area contributed by atoms with E-state index in [1.165, 1.54) is 7.11 Å². The van der Waals surface area contributed by atoms with E-state index in [1.807, 2.05) is 26.8 Å². The smallest absolute Gasteiger partial charge is 0.319 e. The van der Waals surface area contributed by atoms with E-state index >= 15 is 0 Å². The molecular weight excluding hydrogens is 230 g/mol. The van der Waals surface area contributed by atoms with E-state index in [0.29, 0.717) is 17.0 Å². The Bertz CT molecular complexity index is 484. The van der Waals surface area contributed by atoms with Crippen molar-refractivity contribution in [2.45, 2.75) is 26.3 Å². The highest BCUT2D eigenvalue weighted by Crippen LogP contribution is 2.25. The van der Waals surface area contributed by atoms with E-state index in [1.54, 1.807) is 18.2 Å². The van der Waals surface area contributed by atoms with Crippen molar-refractivity contribution < 1.29 is 9.53 Å². The fourth-order valence-corrected chi connectivity index (χ4v) is 1.36. The van der Waals surface area contributed by atoms with Crippen LogP contribution in [0.1, 0.15) is 26.3 Å². The van der Waals surface area contributed by atoms with Crippen molar-refractivity contribution in [1.82, 2.24) is 5.32 Å². The Hall–Kier alpha value is -2.22. The molecule has 1 aromatic carbocycles. The lowest BCUT2D eigenvalue weighted by atomic mass is 10.1. The molecule has 0 aliphatic heterocycles. The molecule has 1 rings (SSSR count). The number of nitrogens with zero attached hydrogens (tertiary/aromatic N) is 1. The third-order valence-corrected chi connectivity index (χ3v) is 2.07. The van der Waals surface area contributed by atoms with E-state index in [9.17, 15) is 4.79 Å². The summed E-state index contributed by atoms with van der Waals surface area (Å²) in [5, 5.41) is 14.2. The Labute approximate surface area is 107 Å². The Morgan fingerprint density at radius 2 is 2.06 bits per heavy atom. The minimum atomic E-state index is -0.316. The van der Waals surface area contributed by atoms with E-state index < -0.39 is 0 Å². The van der Waals surface area contributed by atoms with Crippen molar-refractivity contribution in [3.63, 3.8) is 0 Å². The molecule has 0 saturated carbocycles. The summed E-state index contributed by atoms with van der Waals surface area (Å²) in [6, 6.07) is 6.53. The number of nitrogens with one attached hydrogen (secondary N) is 2. The highest BCUT2D eigenvalue weighted by Gasteiger charge is 2.15. The van der Waals surface area contributed by atoms with E-state index in [4.69, 9.17) is 10.00 Å². The second-order valence-corrected chi connectivity index (χ2v) is 4.86. The van der Waals surface area contributed by atoms with Crippen LogP contribution in [0, 0.1) is 11.3 Å². The van der Waals surface area contributed by atoms with Crippen LogP contribution in [0.3, 0.4) is 0 Å². The fourth-order valence-electron chi connectivity index (χ4n) is 1.36. The fraction of sp³-hybridized carbons (Fsp3) is 0.385. The first kappa shape index (κ1) is 13.8. The molecule has 2 N–H and O–H groups in total. The second-order valence-electron chi connectivity index (χ2n) is 4.86. The number of carbonyl (C=O) groups is 1. The zero-order valence-corrected chi connectivity index (χ0v) is 11.0. The molecule has 5 nitrogen and oxygen atoms in total. The summed E-state index contributed by atoms with van der Waals surface area (Å²) in [7, 11) is 1.49. The van der Waals surface area contributed by atoms with Crippen LogP contribution < -0.4 is 15.4 Å². The molecule has 5 heteroatoms. The average molecular weight is 247 g/mol. The van der Waals surface area contributed by atoms with Crippen molar-refractivity contribution >= 4 is 11.7 Å². The van der Waals surface area contributed by atoms with Crippen molar-refractivity contribution in [3.8, 4) is 11.8 Å². The maximum Gasteiger partial charge on any atom is 0.319 e. The van der Waals surface area contributed by atoms with Crippen LogP contribution in [0.25, 0.3) is 0 Å². The van der Waals surface area contributed by atoms with Gasteiger partial charge in [0.25, 0.3) is 0 Å². The number of hydrogen-bond donors (Lipinski definition) is 2. The van der Waals surface area contributed by atoms with Gasteiger partial charge in [-0.2, -0.15) is 5.26 Å². The van der Waals surface area contributed by atoms with Gasteiger partial charge in [0.1, 0.15) is 5.75 Å². The first-order chi connectivity index (χ1) is 8.35. The number of anilines is 1. The molecule has 96 valence electrons. The lowest BCUT2D eigenvalue weighted by Gasteiger charge is -2.21. The molecule has 0 aliphatic carbocycles. The lowest BCUT2D eigenvalue weighted by molar-refractivity contribution is 0.243. The van der Waals surface area contributed by atoms with Gasteiger partial charge < -0.3 is 15.4 Å². The quantitative estimate of drug-likeness (QED) is 0.843. The molecule has 0 radical (unpaired) electrons. The molecule has 18 heavy (non-hydrogen) atoms. The highest BCUT2D eigenvalue weighted by atomic mass is 16.5. The predicted molar refractivity (Wildman–Crippen MR) is 69.6 cm³/mol. The summed E-state index contributed by atoms with van der Waals surface area (Å²) in [6.07, 6.45) is 0. The van der Waals surface area contributed by atoms with Gasteiger partial charge in [0.05, 0.1) is 24.4 Å². The van der Waals surface area contributed by atoms with E-state index in [0.717, 1.165) is 0 Å². The van der Waals surface area contributed by atoms with E-state index in [2.05, 4.69) is 10.6 Å². The maximum absolute atomic E-state index is 11.7. The molecule has 2 amide bonds. The molecule has 0 aliphatic rings. The number of amides is 2. The molecule has 0 atom stereocenters. The number of hydrogen-bond acceptors (Lipinski definition) is 3. The summed E-state index contributed by atoms with van der Waals surface area (Å²) < 4.78 is 5.13. The number of methoxy groups -OCH3 is 1. The summed E-state index contributed by atoms with van der Waals surface area (Å²) in [6.45, 7) is 5.67. The third kappa shape index (κ3) is 3.98. The molecule has 0 heterocycles. The summed E-state index contributed by atoms with van der Waals surface area (Å²) >= 11 is 0. The van der Waals surface area contributed by atoms with Crippen molar-refractivity contribution in [2.75, 3.05) is 12.4 Å². The molecule has 0 unspecified atom stereocenters. The van der Waals surface area contributed by atoms with Gasteiger partial charge >= 0.3 is 6.03 Å². The minimum absolute atomic E-state index is 0.314. The van der Waals surface area contributed by atoms with Crippen LogP contribution in [-0.4, -0.2) is 18.7 Å². The van der Waals surface area contributed by atoms with Crippen LogP contribution in [-0.2, 0) is 0 Å². The van der Waals surface area contributed by atoms with Gasteiger partial charge in [0.2, 0.25) is 0 Å². The van der Waals surface area contributed by atoms with Gasteiger partial charge in [-0.25, -0.2) is 4.79 Å². The molecule has 0 fully saturated rings. The van der Waals surface area contributed by atoms with Gasteiger partial charge in [0.15, 0.2) is 0 Å². The largest absolute Gasteiger partial charge is 0.495 e. The predicted octanol–water partition coefficient (Wildman–Crippen LogP) is 2.49. The Balaban J connectivity index is 2.85. The SMILES string of the molecule is COc1cc(C#N)ccc1NC(=O)NC(C)(C)C. The van der Waals surface area contributed by atoms with Crippen molar-refractivity contribution in [3.05, 3.63) is 23.8 Å². The molecule has 0 aromatic heterocycles. The van der Waals surface area contributed by atoms with Crippen LogP contribution in [0.4, 0.5) is 10.5 Å². The van der Waals surface area contributed by atoms with Crippen LogP contribution >= 0.6 is 0 Å². The van der Waals surface area contributed by atoms with Gasteiger partial charge in [-0.15, -0.1) is 0 Å². The minimum Gasteiger partial charge on any atom is -0.495 e. The topological polar surface area (TPSA) is 74.1 Å².